The highest BCUT2D eigenvalue weighted by atomic mass is 16.5. The van der Waals surface area contributed by atoms with Crippen molar-refractivity contribution in [2.75, 3.05) is 19.8 Å². The Morgan fingerprint density at radius 2 is 2.06 bits per heavy atom. The van der Waals surface area contributed by atoms with E-state index >= 15 is 0 Å². The molecule has 2 atom stereocenters. The normalized spacial score (nSPS) is 23.9. The third kappa shape index (κ3) is 3.47. The molecule has 1 N–H and O–H groups in total. The third-order valence-electron chi connectivity index (χ3n) is 3.34. The fraction of sp³-hybridized carbons (Fsp3) is 0.600. The van der Waals surface area contributed by atoms with E-state index in [-0.39, 0.29) is 6.10 Å². The third-order valence-corrected chi connectivity index (χ3v) is 3.34. The van der Waals surface area contributed by atoms with E-state index < -0.39 is 0 Å². The zero-order chi connectivity index (χ0) is 12.8. The van der Waals surface area contributed by atoms with Gasteiger partial charge in [0.15, 0.2) is 0 Å². The summed E-state index contributed by atoms with van der Waals surface area (Å²) >= 11 is 0. The Kier molecular flexibility index (Phi) is 5.02. The van der Waals surface area contributed by atoms with Crippen molar-refractivity contribution >= 4 is 0 Å². The van der Waals surface area contributed by atoms with Crippen LogP contribution in [0, 0.1) is 0 Å². The molecule has 1 fully saturated rings. The topological polar surface area (TPSA) is 30.5 Å². The Bertz CT molecular complexity index is 348. The van der Waals surface area contributed by atoms with Gasteiger partial charge in [-0.25, -0.2) is 0 Å². The van der Waals surface area contributed by atoms with Gasteiger partial charge in [-0.15, -0.1) is 0 Å². The van der Waals surface area contributed by atoms with Gasteiger partial charge in [-0.2, -0.15) is 0 Å². The second kappa shape index (κ2) is 6.76. The number of benzene rings is 1. The van der Waals surface area contributed by atoms with E-state index in [1.54, 1.807) is 0 Å². The van der Waals surface area contributed by atoms with E-state index in [9.17, 15) is 0 Å². The molecule has 0 bridgehead atoms. The van der Waals surface area contributed by atoms with Crippen LogP contribution in [0.4, 0.5) is 0 Å². The van der Waals surface area contributed by atoms with Crippen molar-refractivity contribution in [3.8, 4) is 5.75 Å². The van der Waals surface area contributed by atoms with E-state index in [4.69, 9.17) is 9.47 Å². The Hall–Kier alpha value is -1.06. The largest absolute Gasteiger partial charge is 0.494 e. The first kappa shape index (κ1) is 13.4. The van der Waals surface area contributed by atoms with Gasteiger partial charge in [-0.1, -0.05) is 19.1 Å². The van der Waals surface area contributed by atoms with Crippen molar-refractivity contribution in [2.45, 2.75) is 38.8 Å². The molecule has 1 aromatic carbocycles. The van der Waals surface area contributed by atoms with Crippen LogP contribution < -0.4 is 10.1 Å². The summed E-state index contributed by atoms with van der Waals surface area (Å²) in [6.45, 7) is 6.73. The van der Waals surface area contributed by atoms with Gasteiger partial charge in [0.1, 0.15) is 5.75 Å². The minimum Gasteiger partial charge on any atom is -0.494 e. The molecular weight excluding hydrogens is 226 g/mol. The molecule has 0 spiro atoms. The van der Waals surface area contributed by atoms with E-state index in [0.29, 0.717) is 12.6 Å². The van der Waals surface area contributed by atoms with Crippen molar-refractivity contribution < 1.29 is 9.47 Å². The molecule has 0 saturated carbocycles. The lowest BCUT2D eigenvalue weighted by molar-refractivity contribution is 0.000574. The van der Waals surface area contributed by atoms with Crippen molar-refractivity contribution in [3.63, 3.8) is 0 Å². The molecule has 2 rings (SSSR count). The fourth-order valence-electron chi connectivity index (χ4n) is 2.45. The summed E-state index contributed by atoms with van der Waals surface area (Å²) < 4.78 is 11.3. The average molecular weight is 249 g/mol. The standard InChI is InChI=1S/C15H23NO2/c1-3-16-13-9-10-18-15(11-13)12-5-7-14(8-6-12)17-4-2/h5-8,13,15-16H,3-4,9-11H2,1-2H3. The van der Waals surface area contributed by atoms with Crippen molar-refractivity contribution in [1.29, 1.82) is 0 Å². The van der Waals surface area contributed by atoms with E-state index in [1.807, 2.05) is 19.1 Å². The molecule has 3 heteroatoms. The lowest BCUT2D eigenvalue weighted by Crippen LogP contribution is -2.35. The number of ether oxygens (including phenoxy) is 2. The van der Waals surface area contributed by atoms with Crippen LogP contribution in [0.25, 0.3) is 0 Å². The molecule has 2 unspecified atom stereocenters. The predicted molar refractivity (Wildman–Crippen MR) is 73.0 cm³/mol. The van der Waals surface area contributed by atoms with Crippen molar-refractivity contribution in [2.24, 2.45) is 0 Å². The van der Waals surface area contributed by atoms with Crippen LogP contribution in [0.1, 0.15) is 38.4 Å². The molecule has 1 saturated heterocycles. The van der Waals surface area contributed by atoms with Crippen molar-refractivity contribution in [3.05, 3.63) is 29.8 Å². The van der Waals surface area contributed by atoms with Crippen LogP contribution in [0.2, 0.25) is 0 Å². The first-order valence-corrected chi connectivity index (χ1v) is 6.91. The van der Waals surface area contributed by atoms with Crippen LogP contribution in [0.15, 0.2) is 24.3 Å². The van der Waals surface area contributed by atoms with E-state index in [2.05, 4.69) is 24.4 Å². The Labute approximate surface area is 109 Å². The second-order valence-electron chi connectivity index (χ2n) is 4.64. The molecule has 1 aliphatic heterocycles. The van der Waals surface area contributed by atoms with Gasteiger partial charge in [0.2, 0.25) is 0 Å². The zero-order valence-corrected chi connectivity index (χ0v) is 11.3. The number of hydrogen-bond acceptors (Lipinski definition) is 3. The molecule has 0 amide bonds. The SMILES string of the molecule is CCNC1CCOC(c2ccc(OCC)cc2)C1. The predicted octanol–water partition coefficient (Wildman–Crippen LogP) is 2.91. The maximum Gasteiger partial charge on any atom is 0.119 e. The maximum atomic E-state index is 5.86. The first-order valence-electron chi connectivity index (χ1n) is 6.91. The van der Waals surface area contributed by atoms with Gasteiger partial charge < -0.3 is 14.8 Å². The van der Waals surface area contributed by atoms with Gasteiger partial charge >= 0.3 is 0 Å². The molecular formula is C15H23NO2. The lowest BCUT2D eigenvalue weighted by Gasteiger charge is -2.30. The molecule has 0 aliphatic carbocycles. The summed E-state index contributed by atoms with van der Waals surface area (Å²) in [7, 11) is 0. The van der Waals surface area contributed by atoms with Gasteiger partial charge in [-0.05, 0) is 44.0 Å². The van der Waals surface area contributed by atoms with E-state index in [0.717, 1.165) is 31.7 Å². The molecule has 1 heterocycles. The summed E-state index contributed by atoms with van der Waals surface area (Å²) in [6, 6.07) is 8.87. The van der Waals surface area contributed by atoms with Gasteiger partial charge in [0.05, 0.1) is 12.7 Å². The Balaban J connectivity index is 1.97. The fourth-order valence-corrected chi connectivity index (χ4v) is 2.45. The summed E-state index contributed by atoms with van der Waals surface area (Å²) in [5.74, 6) is 0.931. The highest BCUT2D eigenvalue weighted by Gasteiger charge is 2.23. The van der Waals surface area contributed by atoms with Crippen LogP contribution in [0.3, 0.4) is 0 Å². The maximum absolute atomic E-state index is 5.86. The Morgan fingerprint density at radius 1 is 1.28 bits per heavy atom. The summed E-state index contributed by atoms with van der Waals surface area (Å²) in [6.07, 6.45) is 2.39. The quantitative estimate of drug-likeness (QED) is 0.870. The second-order valence-corrected chi connectivity index (χ2v) is 4.64. The molecule has 0 radical (unpaired) electrons. The van der Waals surface area contributed by atoms with Gasteiger partial charge in [0, 0.05) is 12.6 Å². The van der Waals surface area contributed by atoms with Gasteiger partial charge in [0.25, 0.3) is 0 Å². The lowest BCUT2D eigenvalue weighted by atomic mass is 9.97. The van der Waals surface area contributed by atoms with Crippen molar-refractivity contribution in [1.82, 2.24) is 5.32 Å². The first-order chi connectivity index (χ1) is 8.83. The monoisotopic (exact) mass is 249 g/mol. The summed E-state index contributed by atoms with van der Waals surface area (Å²) in [5, 5.41) is 3.51. The zero-order valence-electron chi connectivity index (χ0n) is 11.3. The molecule has 1 aliphatic rings. The van der Waals surface area contributed by atoms with Crippen LogP contribution in [-0.2, 0) is 4.74 Å². The van der Waals surface area contributed by atoms with Crippen LogP contribution >= 0.6 is 0 Å². The van der Waals surface area contributed by atoms with Gasteiger partial charge in [-0.3, -0.25) is 0 Å². The summed E-state index contributed by atoms with van der Waals surface area (Å²) in [5.41, 5.74) is 1.25. The molecule has 1 aromatic rings. The highest BCUT2D eigenvalue weighted by molar-refractivity contribution is 5.28. The minimum absolute atomic E-state index is 0.221. The summed E-state index contributed by atoms with van der Waals surface area (Å²) in [4.78, 5) is 0. The number of rotatable bonds is 5. The Morgan fingerprint density at radius 3 is 2.72 bits per heavy atom. The molecule has 3 nitrogen and oxygen atoms in total. The van der Waals surface area contributed by atoms with Crippen LogP contribution in [-0.4, -0.2) is 25.8 Å². The highest BCUT2D eigenvalue weighted by Crippen LogP contribution is 2.29. The minimum atomic E-state index is 0.221. The van der Waals surface area contributed by atoms with Crippen LogP contribution in [0.5, 0.6) is 5.75 Å². The number of nitrogens with one attached hydrogen (secondary N) is 1. The van der Waals surface area contributed by atoms with E-state index in [1.165, 1.54) is 5.56 Å². The molecule has 18 heavy (non-hydrogen) atoms. The number of hydrogen-bond donors (Lipinski definition) is 1. The average Bonchev–Trinajstić information content (AvgIpc) is 2.41. The molecule has 100 valence electrons. The molecule has 0 aromatic heterocycles. The smallest absolute Gasteiger partial charge is 0.119 e.